The summed E-state index contributed by atoms with van der Waals surface area (Å²) in [5.74, 6) is -0.684. The van der Waals surface area contributed by atoms with Gasteiger partial charge in [-0.2, -0.15) is 0 Å². The van der Waals surface area contributed by atoms with Crippen molar-refractivity contribution in [1.82, 2.24) is 9.80 Å². The molecule has 2 amide bonds. The lowest BCUT2D eigenvalue weighted by Crippen LogP contribution is -2.50. The van der Waals surface area contributed by atoms with Crippen LogP contribution < -0.4 is 0 Å². The minimum absolute atomic E-state index is 0.100. The number of carbonyl (C=O) groups is 2. The summed E-state index contributed by atoms with van der Waals surface area (Å²) in [5.41, 5.74) is 1.91. The largest absolute Gasteiger partial charge is 0.339 e. The number of halogens is 1. The molecular formula is C21H23FN2O2. The van der Waals surface area contributed by atoms with Crippen molar-refractivity contribution in [3.05, 3.63) is 71.0 Å². The second-order valence-electron chi connectivity index (χ2n) is 6.59. The maximum atomic E-state index is 14.0. The van der Waals surface area contributed by atoms with Gasteiger partial charge in [0.2, 0.25) is 5.91 Å². The summed E-state index contributed by atoms with van der Waals surface area (Å²) in [7, 11) is 0. The molecule has 0 N–H and O–H groups in total. The van der Waals surface area contributed by atoms with E-state index in [0.29, 0.717) is 44.6 Å². The van der Waals surface area contributed by atoms with Gasteiger partial charge in [-0.05, 0) is 30.5 Å². The molecule has 1 aliphatic rings. The second kappa shape index (κ2) is 8.13. The predicted octanol–water partition coefficient (Wildman–Crippen LogP) is 3.05. The molecule has 5 heteroatoms. The highest BCUT2D eigenvalue weighted by molar-refractivity contribution is 5.96. The molecule has 1 fully saturated rings. The van der Waals surface area contributed by atoms with Crippen LogP contribution in [0.25, 0.3) is 0 Å². The van der Waals surface area contributed by atoms with Gasteiger partial charge in [-0.15, -0.1) is 0 Å². The number of hydrogen-bond acceptors (Lipinski definition) is 2. The van der Waals surface area contributed by atoms with Crippen molar-refractivity contribution in [2.24, 2.45) is 0 Å². The summed E-state index contributed by atoms with van der Waals surface area (Å²) in [5, 5.41) is 0. The Kier molecular flexibility index (Phi) is 5.66. The average Bonchev–Trinajstić information content (AvgIpc) is 2.67. The number of rotatable bonds is 4. The van der Waals surface area contributed by atoms with Crippen LogP contribution in [0.2, 0.25) is 0 Å². The van der Waals surface area contributed by atoms with E-state index < -0.39 is 5.82 Å². The standard InChI is InChI=1S/C21H23FN2O2/c1-16-6-5-9-18(22)20(16)21(26)24-14-12-23(13-15-24)19(25)11-10-17-7-3-2-4-8-17/h2-9H,10-15H2,1H3. The van der Waals surface area contributed by atoms with Crippen LogP contribution in [0.15, 0.2) is 48.5 Å². The molecular weight excluding hydrogens is 331 g/mol. The summed E-state index contributed by atoms with van der Waals surface area (Å²) in [6, 6.07) is 14.6. The summed E-state index contributed by atoms with van der Waals surface area (Å²) in [4.78, 5) is 28.4. The number of piperazine rings is 1. The lowest BCUT2D eigenvalue weighted by molar-refractivity contribution is -0.132. The second-order valence-corrected chi connectivity index (χ2v) is 6.59. The fourth-order valence-electron chi connectivity index (χ4n) is 3.27. The van der Waals surface area contributed by atoms with Gasteiger partial charge in [0.05, 0.1) is 5.56 Å². The summed E-state index contributed by atoms with van der Waals surface area (Å²) < 4.78 is 14.0. The van der Waals surface area contributed by atoms with Gasteiger partial charge in [0.15, 0.2) is 0 Å². The van der Waals surface area contributed by atoms with Crippen molar-refractivity contribution in [2.75, 3.05) is 26.2 Å². The van der Waals surface area contributed by atoms with E-state index in [4.69, 9.17) is 0 Å². The quantitative estimate of drug-likeness (QED) is 0.847. The molecule has 0 aliphatic carbocycles. The third kappa shape index (κ3) is 4.10. The van der Waals surface area contributed by atoms with E-state index in [9.17, 15) is 14.0 Å². The molecule has 0 spiro atoms. The number of aryl methyl sites for hydroxylation is 2. The molecule has 0 saturated carbocycles. The number of benzene rings is 2. The van der Waals surface area contributed by atoms with Gasteiger partial charge in [-0.1, -0.05) is 42.5 Å². The predicted molar refractivity (Wildman–Crippen MR) is 98.4 cm³/mol. The molecule has 1 saturated heterocycles. The van der Waals surface area contributed by atoms with Gasteiger partial charge in [0.25, 0.3) is 5.91 Å². The Morgan fingerprint density at radius 1 is 0.923 bits per heavy atom. The van der Waals surface area contributed by atoms with E-state index >= 15 is 0 Å². The zero-order valence-electron chi connectivity index (χ0n) is 15.0. The Labute approximate surface area is 153 Å². The molecule has 0 bridgehead atoms. The molecule has 26 heavy (non-hydrogen) atoms. The van der Waals surface area contributed by atoms with Crippen LogP contribution in [-0.4, -0.2) is 47.8 Å². The highest BCUT2D eigenvalue weighted by Crippen LogP contribution is 2.17. The first-order valence-corrected chi connectivity index (χ1v) is 8.92. The topological polar surface area (TPSA) is 40.6 Å². The van der Waals surface area contributed by atoms with Crippen molar-refractivity contribution in [1.29, 1.82) is 0 Å². The van der Waals surface area contributed by atoms with Crippen molar-refractivity contribution in [2.45, 2.75) is 19.8 Å². The molecule has 3 rings (SSSR count). The monoisotopic (exact) mass is 354 g/mol. The Balaban J connectivity index is 1.54. The van der Waals surface area contributed by atoms with Gasteiger partial charge in [-0.25, -0.2) is 4.39 Å². The molecule has 1 aliphatic heterocycles. The Morgan fingerprint density at radius 3 is 2.23 bits per heavy atom. The van der Waals surface area contributed by atoms with E-state index in [1.165, 1.54) is 6.07 Å². The number of hydrogen-bond donors (Lipinski definition) is 0. The molecule has 0 unspecified atom stereocenters. The summed E-state index contributed by atoms with van der Waals surface area (Å²) in [6.45, 7) is 3.59. The third-order valence-electron chi connectivity index (χ3n) is 4.83. The minimum atomic E-state index is -0.489. The van der Waals surface area contributed by atoms with Gasteiger partial charge in [0, 0.05) is 32.6 Å². The van der Waals surface area contributed by atoms with E-state index in [-0.39, 0.29) is 17.4 Å². The fourth-order valence-corrected chi connectivity index (χ4v) is 3.27. The average molecular weight is 354 g/mol. The molecule has 136 valence electrons. The highest BCUT2D eigenvalue weighted by atomic mass is 19.1. The zero-order valence-corrected chi connectivity index (χ0v) is 15.0. The molecule has 0 atom stereocenters. The van der Waals surface area contributed by atoms with Crippen LogP contribution in [0, 0.1) is 12.7 Å². The molecule has 0 radical (unpaired) electrons. The van der Waals surface area contributed by atoms with Crippen LogP contribution >= 0.6 is 0 Å². The van der Waals surface area contributed by atoms with Crippen molar-refractivity contribution < 1.29 is 14.0 Å². The fraction of sp³-hybridized carbons (Fsp3) is 0.333. The van der Waals surface area contributed by atoms with Gasteiger partial charge in [-0.3, -0.25) is 9.59 Å². The van der Waals surface area contributed by atoms with E-state index in [2.05, 4.69) is 0 Å². The first-order chi connectivity index (χ1) is 12.6. The van der Waals surface area contributed by atoms with E-state index in [1.54, 1.807) is 28.9 Å². The lowest BCUT2D eigenvalue weighted by atomic mass is 10.1. The molecule has 0 aromatic heterocycles. The Bertz CT molecular complexity index is 764. The number of carbonyl (C=O) groups excluding carboxylic acids is 2. The summed E-state index contributed by atoms with van der Waals surface area (Å²) >= 11 is 0. The van der Waals surface area contributed by atoms with E-state index in [0.717, 1.165) is 5.56 Å². The van der Waals surface area contributed by atoms with Crippen LogP contribution in [0.5, 0.6) is 0 Å². The first kappa shape index (κ1) is 18.1. The lowest BCUT2D eigenvalue weighted by Gasteiger charge is -2.35. The zero-order chi connectivity index (χ0) is 18.5. The smallest absolute Gasteiger partial charge is 0.257 e. The number of nitrogens with zero attached hydrogens (tertiary/aromatic N) is 2. The third-order valence-corrected chi connectivity index (χ3v) is 4.83. The van der Waals surface area contributed by atoms with Crippen LogP contribution in [-0.2, 0) is 11.2 Å². The maximum absolute atomic E-state index is 14.0. The molecule has 4 nitrogen and oxygen atoms in total. The van der Waals surface area contributed by atoms with Gasteiger partial charge >= 0.3 is 0 Å². The van der Waals surface area contributed by atoms with Crippen molar-refractivity contribution >= 4 is 11.8 Å². The minimum Gasteiger partial charge on any atom is -0.339 e. The first-order valence-electron chi connectivity index (χ1n) is 8.92. The molecule has 2 aromatic carbocycles. The molecule has 1 heterocycles. The van der Waals surface area contributed by atoms with Gasteiger partial charge < -0.3 is 9.80 Å². The van der Waals surface area contributed by atoms with E-state index in [1.807, 2.05) is 30.3 Å². The Morgan fingerprint density at radius 2 is 1.58 bits per heavy atom. The highest BCUT2D eigenvalue weighted by Gasteiger charge is 2.26. The van der Waals surface area contributed by atoms with Crippen LogP contribution in [0.1, 0.15) is 27.9 Å². The normalized spacial score (nSPS) is 14.4. The van der Waals surface area contributed by atoms with Crippen LogP contribution in [0.3, 0.4) is 0 Å². The van der Waals surface area contributed by atoms with Gasteiger partial charge in [0.1, 0.15) is 5.82 Å². The summed E-state index contributed by atoms with van der Waals surface area (Å²) in [6.07, 6.45) is 1.18. The SMILES string of the molecule is Cc1cccc(F)c1C(=O)N1CCN(C(=O)CCc2ccccc2)CC1. The van der Waals surface area contributed by atoms with Crippen LogP contribution in [0.4, 0.5) is 4.39 Å². The Hall–Kier alpha value is -2.69. The van der Waals surface area contributed by atoms with Crippen molar-refractivity contribution in [3.8, 4) is 0 Å². The number of amides is 2. The van der Waals surface area contributed by atoms with Crippen molar-refractivity contribution in [3.63, 3.8) is 0 Å². The maximum Gasteiger partial charge on any atom is 0.257 e. The molecule has 2 aromatic rings.